The molecule has 0 saturated heterocycles. The van der Waals surface area contributed by atoms with Gasteiger partial charge >= 0.3 is 0 Å². The fourth-order valence-electron chi connectivity index (χ4n) is 3.80. The van der Waals surface area contributed by atoms with Crippen molar-refractivity contribution < 1.29 is 4.79 Å². The molecule has 0 atom stereocenters. The highest BCUT2D eigenvalue weighted by atomic mass is 35.5. The smallest absolute Gasteiger partial charge is 0.179 e. The Kier molecular flexibility index (Phi) is 7.31. The number of nitrogens with two attached hydrogens (primary N) is 1. The van der Waals surface area contributed by atoms with Gasteiger partial charge in [0.25, 0.3) is 0 Å². The normalized spacial score (nSPS) is 13.0. The van der Waals surface area contributed by atoms with E-state index in [1.54, 1.807) is 0 Å². The highest BCUT2D eigenvalue weighted by Gasteiger charge is 2.25. The third kappa shape index (κ3) is 4.29. The minimum Gasteiger partial charge on any atom is -0.399 e. The number of nitrogens with one attached hydrogen (secondary N) is 1. The van der Waals surface area contributed by atoms with Crippen LogP contribution in [0.15, 0.2) is 48.7 Å². The van der Waals surface area contributed by atoms with Gasteiger partial charge in [0.1, 0.15) is 0 Å². The van der Waals surface area contributed by atoms with E-state index in [0.29, 0.717) is 6.42 Å². The van der Waals surface area contributed by atoms with Crippen molar-refractivity contribution >= 4 is 41.8 Å². The second-order valence-corrected chi connectivity index (χ2v) is 6.71. The van der Waals surface area contributed by atoms with Crippen molar-refractivity contribution in [2.75, 3.05) is 12.3 Å². The topological polar surface area (TPSA) is 59.5 Å². The molecular formula is C21H25Cl2N3O. The van der Waals surface area contributed by atoms with Gasteiger partial charge in [0.2, 0.25) is 0 Å². The van der Waals surface area contributed by atoms with Crippen LogP contribution in [0, 0.1) is 0 Å². The van der Waals surface area contributed by atoms with Crippen LogP contribution in [0.5, 0.6) is 0 Å². The summed E-state index contributed by atoms with van der Waals surface area (Å²) in [6.07, 6.45) is 5.60. The first-order chi connectivity index (χ1) is 12.2. The monoisotopic (exact) mass is 405 g/mol. The third-order valence-electron chi connectivity index (χ3n) is 5.02. The highest BCUT2D eigenvalue weighted by Crippen LogP contribution is 2.30. The molecule has 0 fully saturated rings. The lowest BCUT2D eigenvalue weighted by Crippen LogP contribution is -2.18. The molecule has 1 aliphatic rings. The molecule has 6 heteroatoms. The van der Waals surface area contributed by atoms with E-state index in [1.807, 2.05) is 24.4 Å². The lowest BCUT2D eigenvalue weighted by atomic mass is 9.92. The Labute approximate surface area is 172 Å². The first-order valence-corrected chi connectivity index (χ1v) is 8.93. The summed E-state index contributed by atoms with van der Waals surface area (Å²) in [5, 5.41) is 3.51. The molecule has 3 N–H and O–H groups in total. The van der Waals surface area contributed by atoms with Crippen LogP contribution in [0.25, 0.3) is 5.52 Å². The molecule has 4 nitrogen and oxygen atoms in total. The summed E-state index contributed by atoms with van der Waals surface area (Å²) in [4.78, 5) is 12.4. The molecule has 0 radical (unpaired) electrons. The number of Topliss-reactive ketones (excluding diaryl/α,β-unsaturated/α-hetero) is 1. The zero-order chi connectivity index (χ0) is 17.2. The molecule has 0 bridgehead atoms. The molecule has 2 heterocycles. The first-order valence-electron chi connectivity index (χ1n) is 8.93. The molecule has 1 aliphatic carbocycles. The van der Waals surface area contributed by atoms with Gasteiger partial charge in [-0.2, -0.15) is 0 Å². The Balaban J connectivity index is 0.00000131. The second-order valence-electron chi connectivity index (χ2n) is 6.71. The van der Waals surface area contributed by atoms with Crippen LogP contribution in [0.2, 0.25) is 0 Å². The van der Waals surface area contributed by atoms with Gasteiger partial charge in [-0.3, -0.25) is 4.79 Å². The summed E-state index contributed by atoms with van der Waals surface area (Å²) in [7, 11) is 0. The van der Waals surface area contributed by atoms with Crippen LogP contribution in [0.4, 0.5) is 5.69 Å². The van der Waals surface area contributed by atoms with Gasteiger partial charge in [0.15, 0.2) is 5.78 Å². The van der Waals surface area contributed by atoms with Crippen molar-refractivity contribution in [1.29, 1.82) is 0 Å². The predicted octanol–water partition coefficient (Wildman–Crippen LogP) is 4.22. The summed E-state index contributed by atoms with van der Waals surface area (Å²) in [6.45, 7) is 1.72. The molecule has 27 heavy (non-hydrogen) atoms. The van der Waals surface area contributed by atoms with Gasteiger partial charge in [-0.1, -0.05) is 18.2 Å². The fraction of sp³-hybridized carbons (Fsp3) is 0.286. The van der Waals surface area contributed by atoms with Crippen molar-refractivity contribution in [3.63, 3.8) is 0 Å². The van der Waals surface area contributed by atoms with Crippen LogP contribution in [-0.2, 0) is 19.4 Å². The summed E-state index contributed by atoms with van der Waals surface area (Å²) in [5.41, 5.74) is 12.4. The van der Waals surface area contributed by atoms with Gasteiger partial charge in [-0.05, 0) is 66.8 Å². The van der Waals surface area contributed by atoms with Crippen LogP contribution < -0.4 is 11.1 Å². The number of fused-ring (bicyclic) bond motifs is 3. The Morgan fingerprint density at radius 3 is 2.59 bits per heavy atom. The average Bonchev–Trinajstić information content (AvgIpc) is 2.95. The fourth-order valence-corrected chi connectivity index (χ4v) is 3.80. The Morgan fingerprint density at radius 1 is 1.04 bits per heavy atom. The predicted molar refractivity (Wildman–Crippen MR) is 115 cm³/mol. The number of anilines is 1. The molecule has 0 unspecified atom stereocenters. The van der Waals surface area contributed by atoms with Crippen LogP contribution in [-0.4, -0.2) is 16.7 Å². The number of benzene rings is 1. The molecule has 3 aromatic rings. The number of carbonyl (C=O) groups is 1. The quantitative estimate of drug-likeness (QED) is 0.493. The van der Waals surface area contributed by atoms with Crippen LogP contribution >= 0.6 is 24.8 Å². The van der Waals surface area contributed by atoms with Gasteiger partial charge < -0.3 is 15.5 Å². The van der Waals surface area contributed by atoms with E-state index in [1.165, 1.54) is 22.2 Å². The Morgan fingerprint density at radius 2 is 1.81 bits per heavy atom. The van der Waals surface area contributed by atoms with E-state index in [4.69, 9.17) is 5.73 Å². The highest BCUT2D eigenvalue weighted by molar-refractivity contribution is 5.99. The number of pyridine rings is 1. The maximum Gasteiger partial charge on any atom is 0.179 e. The Hall–Kier alpha value is -2.01. The lowest BCUT2D eigenvalue weighted by Gasteiger charge is -2.12. The number of nitrogen functional groups attached to an aromatic ring is 1. The number of rotatable bonds is 5. The molecule has 1 aromatic carbocycles. The maximum absolute atomic E-state index is 12.4. The average molecular weight is 406 g/mol. The number of hydrogen-bond donors (Lipinski definition) is 2. The summed E-state index contributed by atoms with van der Waals surface area (Å²) in [5.74, 6) is 0.281. The van der Waals surface area contributed by atoms with Gasteiger partial charge in [-0.15, -0.1) is 24.8 Å². The van der Waals surface area contributed by atoms with E-state index in [-0.39, 0.29) is 30.6 Å². The minimum absolute atomic E-state index is 0. The van der Waals surface area contributed by atoms with Gasteiger partial charge in [-0.25, -0.2) is 0 Å². The van der Waals surface area contributed by atoms with E-state index in [9.17, 15) is 4.79 Å². The molecule has 2 aromatic heterocycles. The number of hydrogen-bond acceptors (Lipinski definition) is 3. The SMILES string of the molecule is Cl.Cl.Nc1ccc(CNCCc2c3c(n4ccccc24)C(=O)CCC3)cc1. The van der Waals surface area contributed by atoms with E-state index >= 15 is 0 Å². The van der Waals surface area contributed by atoms with Crippen molar-refractivity contribution in [3.05, 3.63) is 71.0 Å². The van der Waals surface area contributed by atoms with E-state index in [2.05, 4.69) is 34.0 Å². The zero-order valence-electron chi connectivity index (χ0n) is 15.1. The maximum atomic E-state index is 12.4. The van der Waals surface area contributed by atoms with Crippen LogP contribution in [0.1, 0.15) is 40.0 Å². The van der Waals surface area contributed by atoms with Crippen molar-refractivity contribution in [2.45, 2.75) is 32.2 Å². The molecule has 0 amide bonds. The number of ketones is 1. The summed E-state index contributed by atoms with van der Waals surface area (Å²) >= 11 is 0. The molecular weight excluding hydrogens is 381 g/mol. The van der Waals surface area contributed by atoms with Crippen molar-refractivity contribution in [2.24, 2.45) is 0 Å². The van der Waals surface area contributed by atoms with Gasteiger partial charge in [0, 0.05) is 30.4 Å². The largest absolute Gasteiger partial charge is 0.399 e. The van der Waals surface area contributed by atoms with Crippen molar-refractivity contribution in [3.8, 4) is 0 Å². The van der Waals surface area contributed by atoms with Crippen molar-refractivity contribution in [1.82, 2.24) is 9.72 Å². The van der Waals surface area contributed by atoms with E-state index < -0.39 is 0 Å². The zero-order valence-corrected chi connectivity index (χ0v) is 16.7. The van der Waals surface area contributed by atoms with E-state index in [0.717, 1.165) is 43.7 Å². The second kappa shape index (κ2) is 9.27. The Bertz CT molecular complexity index is 919. The molecule has 144 valence electrons. The summed E-state index contributed by atoms with van der Waals surface area (Å²) in [6, 6.07) is 14.1. The van der Waals surface area contributed by atoms with Gasteiger partial charge in [0.05, 0.1) is 5.69 Å². The third-order valence-corrected chi connectivity index (χ3v) is 5.02. The standard InChI is InChI=1S/C21H23N3O.2ClH/c22-16-9-7-15(8-10-16)14-23-12-11-17-18-4-3-6-20(25)21(18)24-13-2-1-5-19(17)24;;/h1-2,5,7-10,13,23H,3-4,6,11-12,14,22H2;2*1H. The minimum atomic E-state index is 0. The number of nitrogens with zero attached hydrogens (tertiary/aromatic N) is 1. The lowest BCUT2D eigenvalue weighted by molar-refractivity contribution is 0.0966. The first kappa shape index (κ1) is 21.3. The number of halogens is 2. The van der Waals surface area contributed by atoms with Crippen LogP contribution in [0.3, 0.4) is 0 Å². The number of carbonyl (C=O) groups excluding carboxylic acids is 1. The molecule has 0 spiro atoms. The summed E-state index contributed by atoms with van der Waals surface area (Å²) < 4.78 is 2.09. The molecule has 0 saturated carbocycles. The number of aromatic nitrogens is 1. The molecule has 4 rings (SSSR count). The molecule has 0 aliphatic heterocycles.